The van der Waals surface area contributed by atoms with Crippen LogP contribution in [0.4, 0.5) is 0 Å². The fourth-order valence-electron chi connectivity index (χ4n) is 2.49. The van der Waals surface area contributed by atoms with Crippen LogP contribution in [0.15, 0.2) is 24.0 Å². The fourth-order valence-corrected chi connectivity index (χ4v) is 2.49. The number of hydrogen-bond acceptors (Lipinski definition) is 4. The number of esters is 1. The van der Waals surface area contributed by atoms with Crippen LogP contribution < -0.4 is 5.32 Å². The summed E-state index contributed by atoms with van der Waals surface area (Å²) in [4.78, 5) is 26.1. The minimum Gasteiger partial charge on any atom is -0.442 e. The van der Waals surface area contributed by atoms with E-state index in [0.29, 0.717) is 12.0 Å². The van der Waals surface area contributed by atoms with Gasteiger partial charge in [-0.2, -0.15) is 0 Å². The standard InChI is InChI=1S/C17H28N2O3/c1-5-8-14(9-6-2)17(21)22-13(3)18-16(20)15-10-7-11-19(4)12-15/h7,11-14H,5-6,8-10H2,1-4H3,(H,18,20). The van der Waals surface area contributed by atoms with Gasteiger partial charge in [-0.05, 0) is 32.4 Å². The summed E-state index contributed by atoms with van der Waals surface area (Å²) in [6.45, 7) is 5.80. The first kappa shape index (κ1) is 18.3. The SMILES string of the molecule is CCCC(CCC)C(=O)OC(C)NC(=O)C1=CN(C)C=CC1. The third-order valence-corrected chi connectivity index (χ3v) is 3.56. The minimum absolute atomic E-state index is 0.0719. The predicted octanol–water partition coefficient (Wildman–Crippen LogP) is 2.94. The Bertz CT molecular complexity index is 437. The molecule has 1 unspecified atom stereocenters. The maximum absolute atomic E-state index is 12.1. The van der Waals surface area contributed by atoms with Crippen molar-refractivity contribution in [3.8, 4) is 0 Å². The van der Waals surface area contributed by atoms with E-state index >= 15 is 0 Å². The first-order valence-corrected chi connectivity index (χ1v) is 8.08. The molecular weight excluding hydrogens is 280 g/mol. The average molecular weight is 308 g/mol. The molecule has 0 aliphatic carbocycles. The molecule has 0 spiro atoms. The van der Waals surface area contributed by atoms with Crippen molar-refractivity contribution in [3.63, 3.8) is 0 Å². The highest BCUT2D eigenvalue weighted by molar-refractivity contribution is 5.94. The van der Waals surface area contributed by atoms with Crippen molar-refractivity contribution >= 4 is 11.9 Å². The molecule has 1 amide bonds. The van der Waals surface area contributed by atoms with Crippen molar-refractivity contribution in [2.24, 2.45) is 5.92 Å². The molecule has 1 heterocycles. The van der Waals surface area contributed by atoms with Gasteiger partial charge in [-0.15, -0.1) is 0 Å². The number of allylic oxidation sites excluding steroid dienone is 1. The summed E-state index contributed by atoms with van der Waals surface area (Å²) >= 11 is 0. The maximum atomic E-state index is 12.1. The van der Waals surface area contributed by atoms with E-state index in [1.54, 1.807) is 13.1 Å². The van der Waals surface area contributed by atoms with E-state index in [0.717, 1.165) is 25.7 Å². The molecule has 5 heteroatoms. The topological polar surface area (TPSA) is 58.6 Å². The summed E-state index contributed by atoms with van der Waals surface area (Å²) in [5.41, 5.74) is 0.659. The molecule has 0 radical (unpaired) electrons. The third-order valence-electron chi connectivity index (χ3n) is 3.56. The minimum atomic E-state index is -0.617. The number of nitrogens with one attached hydrogen (secondary N) is 1. The van der Waals surface area contributed by atoms with Gasteiger partial charge >= 0.3 is 5.97 Å². The predicted molar refractivity (Wildman–Crippen MR) is 86.6 cm³/mol. The smallest absolute Gasteiger partial charge is 0.310 e. The molecule has 1 atom stereocenters. The van der Waals surface area contributed by atoms with E-state index in [1.807, 2.05) is 24.2 Å². The summed E-state index contributed by atoms with van der Waals surface area (Å²) in [6.07, 6.45) is 9.13. The normalized spacial score (nSPS) is 15.5. The molecule has 0 saturated heterocycles. The van der Waals surface area contributed by atoms with Gasteiger partial charge in [0.15, 0.2) is 6.23 Å². The van der Waals surface area contributed by atoms with Gasteiger partial charge in [0.2, 0.25) is 0 Å². The quantitative estimate of drug-likeness (QED) is 0.553. The number of ether oxygens (including phenoxy) is 1. The van der Waals surface area contributed by atoms with Crippen LogP contribution in [0.3, 0.4) is 0 Å². The lowest BCUT2D eigenvalue weighted by atomic mass is 9.99. The molecular formula is C17H28N2O3. The van der Waals surface area contributed by atoms with E-state index < -0.39 is 6.23 Å². The molecule has 0 fully saturated rings. The third kappa shape index (κ3) is 5.92. The molecule has 1 aliphatic rings. The second-order valence-electron chi connectivity index (χ2n) is 5.74. The summed E-state index contributed by atoms with van der Waals surface area (Å²) < 4.78 is 5.38. The van der Waals surface area contributed by atoms with Gasteiger partial charge in [0.1, 0.15) is 0 Å². The Labute approximate surface area is 133 Å². The van der Waals surface area contributed by atoms with Crippen LogP contribution in [-0.4, -0.2) is 30.1 Å². The molecule has 1 N–H and O–H groups in total. The van der Waals surface area contributed by atoms with E-state index in [9.17, 15) is 9.59 Å². The lowest BCUT2D eigenvalue weighted by Gasteiger charge is -2.21. The molecule has 0 aromatic heterocycles. The largest absolute Gasteiger partial charge is 0.442 e. The number of carbonyl (C=O) groups excluding carboxylic acids is 2. The first-order chi connectivity index (χ1) is 10.5. The van der Waals surface area contributed by atoms with Crippen molar-refractivity contribution in [2.75, 3.05) is 7.05 Å². The van der Waals surface area contributed by atoms with Crippen LogP contribution in [-0.2, 0) is 14.3 Å². The lowest BCUT2D eigenvalue weighted by molar-refractivity contribution is -0.156. The van der Waals surface area contributed by atoms with Gasteiger partial charge in [0, 0.05) is 18.8 Å². The second kappa shape index (κ2) is 9.28. The fraction of sp³-hybridized carbons (Fsp3) is 0.647. The van der Waals surface area contributed by atoms with Crippen LogP contribution in [0.1, 0.15) is 52.9 Å². The lowest BCUT2D eigenvalue weighted by Crippen LogP contribution is -2.38. The molecule has 0 bridgehead atoms. The van der Waals surface area contributed by atoms with Gasteiger partial charge < -0.3 is 15.0 Å². The van der Waals surface area contributed by atoms with E-state index in [-0.39, 0.29) is 17.8 Å². The summed E-state index contributed by atoms with van der Waals surface area (Å²) in [7, 11) is 1.87. The van der Waals surface area contributed by atoms with Gasteiger partial charge in [-0.25, -0.2) is 0 Å². The highest BCUT2D eigenvalue weighted by Crippen LogP contribution is 2.16. The Hall–Kier alpha value is -1.78. The van der Waals surface area contributed by atoms with Gasteiger partial charge in [0.25, 0.3) is 5.91 Å². The Morgan fingerprint density at radius 3 is 2.50 bits per heavy atom. The number of rotatable bonds is 8. The zero-order valence-corrected chi connectivity index (χ0v) is 14.1. The summed E-state index contributed by atoms with van der Waals surface area (Å²) in [5, 5.41) is 2.73. The van der Waals surface area contributed by atoms with Crippen molar-refractivity contribution in [2.45, 2.75) is 59.1 Å². The van der Waals surface area contributed by atoms with Crippen molar-refractivity contribution in [1.29, 1.82) is 0 Å². The van der Waals surface area contributed by atoms with Gasteiger partial charge in [-0.1, -0.05) is 32.8 Å². The van der Waals surface area contributed by atoms with Crippen molar-refractivity contribution in [3.05, 3.63) is 24.0 Å². The molecule has 5 nitrogen and oxygen atoms in total. The average Bonchev–Trinajstić information content (AvgIpc) is 2.46. The van der Waals surface area contributed by atoms with Crippen LogP contribution in [0, 0.1) is 5.92 Å². The Morgan fingerprint density at radius 1 is 1.32 bits per heavy atom. The molecule has 0 saturated carbocycles. The van der Waals surface area contributed by atoms with Crippen molar-refractivity contribution < 1.29 is 14.3 Å². The number of amides is 1. The van der Waals surface area contributed by atoms with E-state index in [1.165, 1.54) is 0 Å². The first-order valence-electron chi connectivity index (χ1n) is 8.08. The van der Waals surface area contributed by atoms with E-state index in [4.69, 9.17) is 4.74 Å². The van der Waals surface area contributed by atoms with Crippen LogP contribution in [0.2, 0.25) is 0 Å². The molecule has 0 aromatic rings. The van der Waals surface area contributed by atoms with Gasteiger partial charge in [-0.3, -0.25) is 9.59 Å². The Kier molecular flexibility index (Phi) is 7.71. The van der Waals surface area contributed by atoms with Crippen molar-refractivity contribution in [1.82, 2.24) is 10.2 Å². The molecule has 0 aromatic carbocycles. The zero-order chi connectivity index (χ0) is 16.5. The van der Waals surface area contributed by atoms with Gasteiger partial charge in [0.05, 0.1) is 5.92 Å². The molecule has 1 rings (SSSR count). The maximum Gasteiger partial charge on any atom is 0.310 e. The van der Waals surface area contributed by atoms with E-state index in [2.05, 4.69) is 19.2 Å². The molecule has 22 heavy (non-hydrogen) atoms. The van der Waals surface area contributed by atoms with Crippen LogP contribution in [0.5, 0.6) is 0 Å². The second-order valence-corrected chi connectivity index (χ2v) is 5.74. The Balaban J connectivity index is 2.49. The monoisotopic (exact) mass is 308 g/mol. The summed E-state index contributed by atoms with van der Waals surface area (Å²) in [6, 6.07) is 0. The number of nitrogens with zero attached hydrogens (tertiary/aromatic N) is 1. The molecule has 124 valence electrons. The van der Waals surface area contributed by atoms with Crippen LogP contribution >= 0.6 is 0 Å². The highest BCUT2D eigenvalue weighted by Gasteiger charge is 2.22. The zero-order valence-electron chi connectivity index (χ0n) is 14.1. The number of hydrogen-bond donors (Lipinski definition) is 1. The van der Waals surface area contributed by atoms with Crippen LogP contribution in [0.25, 0.3) is 0 Å². The Morgan fingerprint density at radius 2 is 1.95 bits per heavy atom. The highest BCUT2D eigenvalue weighted by atomic mass is 16.6. The number of carbonyl (C=O) groups is 2. The molecule has 1 aliphatic heterocycles. The summed E-state index contributed by atoms with van der Waals surface area (Å²) in [5.74, 6) is -0.484.